The van der Waals surface area contributed by atoms with Gasteiger partial charge in [-0.15, -0.1) is 0 Å². The minimum atomic E-state index is -1.11. The lowest BCUT2D eigenvalue weighted by molar-refractivity contribution is -0.138. The third-order valence-electron chi connectivity index (χ3n) is 2.16. The molecule has 0 aliphatic heterocycles. The fraction of sp³-hybridized carbons (Fsp3) is 0.364. The summed E-state index contributed by atoms with van der Waals surface area (Å²) in [6.07, 6.45) is 1.17. The van der Waals surface area contributed by atoms with Gasteiger partial charge >= 0.3 is 5.97 Å². The summed E-state index contributed by atoms with van der Waals surface area (Å²) in [7, 11) is 0. The number of pyridine rings is 1. The SMILES string of the molecule is CC(C)N(CC(=O)O)C(=O)c1ccnc(F)c1. The number of carbonyl (C=O) groups excluding carboxylic acids is 1. The Morgan fingerprint density at radius 2 is 2.18 bits per heavy atom. The van der Waals surface area contributed by atoms with Crippen LogP contribution in [-0.4, -0.2) is 39.5 Å². The first-order valence-corrected chi connectivity index (χ1v) is 5.06. The minimum absolute atomic E-state index is 0.0902. The van der Waals surface area contributed by atoms with Crippen LogP contribution in [0.1, 0.15) is 24.2 Å². The molecule has 1 amide bonds. The number of hydrogen-bond acceptors (Lipinski definition) is 3. The van der Waals surface area contributed by atoms with Crippen molar-refractivity contribution in [2.75, 3.05) is 6.54 Å². The molecule has 92 valence electrons. The van der Waals surface area contributed by atoms with Gasteiger partial charge in [0.1, 0.15) is 6.54 Å². The van der Waals surface area contributed by atoms with Gasteiger partial charge in [0.25, 0.3) is 5.91 Å². The van der Waals surface area contributed by atoms with Crippen LogP contribution in [0.4, 0.5) is 4.39 Å². The van der Waals surface area contributed by atoms with Gasteiger partial charge in [-0.25, -0.2) is 4.98 Å². The summed E-state index contributed by atoms with van der Waals surface area (Å²) >= 11 is 0. The average molecular weight is 240 g/mol. The Balaban J connectivity index is 2.95. The predicted molar refractivity (Wildman–Crippen MR) is 58.0 cm³/mol. The van der Waals surface area contributed by atoms with E-state index in [-0.39, 0.29) is 11.6 Å². The van der Waals surface area contributed by atoms with Crippen molar-refractivity contribution in [3.8, 4) is 0 Å². The number of aromatic nitrogens is 1. The Bertz CT molecular complexity index is 434. The van der Waals surface area contributed by atoms with E-state index >= 15 is 0 Å². The zero-order valence-electron chi connectivity index (χ0n) is 9.55. The number of carboxylic acid groups (broad SMARTS) is 1. The fourth-order valence-corrected chi connectivity index (χ4v) is 1.34. The largest absolute Gasteiger partial charge is 0.480 e. The average Bonchev–Trinajstić information content (AvgIpc) is 2.24. The van der Waals surface area contributed by atoms with E-state index in [1.807, 2.05) is 0 Å². The number of hydrogen-bond donors (Lipinski definition) is 1. The molecule has 1 aromatic rings. The summed E-state index contributed by atoms with van der Waals surface area (Å²) in [5, 5.41) is 8.70. The predicted octanol–water partition coefficient (Wildman–Crippen LogP) is 1.16. The van der Waals surface area contributed by atoms with Crippen LogP contribution < -0.4 is 0 Å². The quantitative estimate of drug-likeness (QED) is 0.801. The zero-order valence-corrected chi connectivity index (χ0v) is 9.55. The molecule has 1 rings (SSSR count). The monoisotopic (exact) mass is 240 g/mol. The second-order valence-corrected chi connectivity index (χ2v) is 3.79. The number of nitrogens with zero attached hydrogens (tertiary/aromatic N) is 2. The van der Waals surface area contributed by atoms with Gasteiger partial charge in [-0.05, 0) is 19.9 Å². The van der Waals surface area contributed by atoms with Gasteiger partial charge in [0, 0.05) is 23.9 Å². The molecule has 0 radical (unpaired) electrons. The van der Waals surface area contributed by atoms with Crippen LogP contribution in [0.2, 0.25) is 0 Å². The maximum Gasteiger partial charge on any atom is 0.323 e. The summed E-state index contributed by atoms with van der Waals surface area (Å²) in [6, 6.07) is 2.05. The minimum Gasteiger partial charge on any atom is -0.480 e. The van der Waals surface area contributed by atoms with Gasteiger partial charge in [0.05, 0.1) is 0 Å². The molecule has 0 bridgehead atoms. The van der Waals surface area contributed by atoms with Gasteiger partial charge in [-0.1, -0.05) is 0 Å². The van der Waals surface area contributed by atoms with E-state index in [0.29, 0.717) is 0 Å². The molecule has 0 unspecified atom stereocenters. The molecule has 5 nitrogen and oxygen atoms in total. The molecule has 1 N–H and O–H groups in total. The normalized spacial score (nSPS) is 10.4. The van der Waals surface area contributed by atoms with Crippen molar-refractivity contribution in [1.82, 2.24) is 9.88 Å². The summed E-state index contributed by atoms with van der Waals surface area (Å²) < 4.78 is 12.9. The topological polar surface area (TPSA) is 70.5 Å². The third-order valence-corrected chi connectivity index (χ3v) is 2.16. The first-order chi connectivity index (χ1) is 7.91. The van der Waals surface area contributed by atoms with Crippen molar-refractivity contribution in [2.45, 2.75) is 19.9 Å². The van der Waals surface area contributed by atoms with Crippen molar-refractivity contribution >= 4 is 11.9 Å². The Morgan fingerprint density at radius 3 is 2.65 bits per heavy atom. The van der Waals surface area contributed by atoms with Gasteiger partial charge < -0.3 is 10.0 Å². The van der Waals surface area contributed by atoms with Gasteiger partial charge in [-0.2, -0.15) is 4.39 Å². The van der Waals surface area contributed by atoms with E-state index in [1.54, 1.807) is 13.8 Å². The Kier molecular flexibility index (Phi) is 4.14. The summed E-state index contributed by atoms with van der Waals surface area (Å²) in [5.41, 5.74) is 0.0902. The first kappa shape index (κ1) is 13.1. The Labute approximate surface area is 97.9 Å². The molecule has 0 saturated carbocycles. The van der Waals surface area contributed by atoms with Crippen LogP contribution in [0.15, 0.2) is 18.3 Å². The summed E-state index contributed by atoms with van der Waals surface area (Å²) in [4.78, 5) is 27.1. The number of aliphatic carboxylic acids is 1. The molecule has 1 heterocycles. The van der Waals surface area contributed by atoms with E-state index in [1.165, 1.54) is 12.3 Å². The number of rotatable bonds is 4. The van der Waals surface area contributed by atoms with Crippen molar-refractivity contribution in [2.24, 2.45) is 0 Å². The second-order valence-electron chi connectivity index (χ2n) is 3.79. The Morgan fingerprint density at radius 1 is 1.53 bits per heavy atom. The molecule has 0 fully saturated rings. The third kappa shape index (κ3) is 3.51. The molecule has 0 spiro atoms. The number of amides is 1. The number of carbonyl (C=O) groups is 2. The van der Waals surface area contributed by atoms with E-state index in [0.717, 1.165) is 11.0 Å². The summed E-state index contributed by atoms with van der Waals surface area (Å²) in [5.74, 6) is -2.40. The van der Waals surface area contributed by atoms with Crippen LogP contribution in [-0.2, 0) is 4.79 Å². The lowest BCUT2D eigenvalue weighted by Gasteiger charge is -2.24. The molecular formula is C11H13FN2O3. The van der Waals surface area contributed by atoms with E-state index in [4.69, 9.17) is 5.11 Å². The molecule has 0 aliphatic rings. The van der Waals surface area contributed by atoms with Crippen molar-refractivity contribution in [3.05, 3.63) is 29.8 Å². The standard InChI is InChI=1S/C11H13FN2O3/c1-7(2)14(6-10(15)16)11(17)8-3-4-13-9(12)5-8/h3-5,7H,6H2,1-2H3,(H,15,16). The highest BCUT2D eigenvalue weighted by Crippen LogP contribution is 2.08. The van der Waals surface area contributed by atoms with Gasteiger partial charge in [0.2, 0.25) is 5.95 Å². The maximum absolute atomic E-state index is 12.9. The smallest absolute Gasteiger partial charge is 0.323 e. The van der Waals surface area contributed by atoms with Gasteiger partial charge in [-0.3, -0.25) is 9.59 Å². The number of carboxylic acids is 1. The molecular weight excluding hydrogens is 227 g/mol. The molecule has 6 heteroatoms. The lowest BCUT2D eigenvalue weighted by Crippen LogP contribution is -2.40. The highest BCUT2D eigenvalue weighted by atomic mass is 19.1. The van der Waals surface area contributed by atoms with E-state index in [9.17, 15) is 14.0 Å². The van der Waals surface area contributed by atoms with Crippen molar-refractivity contribution in [1.29, 1.82) is 0 Å². The van der Waals surface area contributed by atoms with Crippen LogP contribution in [0.5, 0.6) is 0 Å². The number of halogens is 1. The molecule has 0 saturated heterocycles. The fourth-order valence-electron chi connectivity index (χ4n) is 1.34. The molecule has 17 heavy (non-hydrogen) atoms. The first-order valence-electron chi connectivity index (χ1n) is 5.06. The van der Waals surface area contributed by atoms with E-state index in [2.05, 4.69) is 4.98 Å². The highest BCUT2D eigenvalue weighted by Gasteiger charge is 2.21. The molecule has 0 aliphatic carbocycles. The Hall–Kier alpha value is -1.98. The van der Waals surface area contributed by atoms with Crippen molar-refractivity contribution in [3.63, 3.8) is 0 Å². The zero-order chi connectivity index (χ0) is 13.0. The van der Waals surface area contributed by atoms with Gasteiger partial charge in [0.15, 0.2) is 0 Å². The maximum atomic E-state index is 12.9. The van der Waals surface area contributed by atoms with Crippen LogP contribution in [0.25, 0.3) is 0 Å². The molecule has 0 atom stereocenters. The lowest BCUT2D eigenvalue weighted by atomic mass is 10.2. The highest BCUT2D eigenvalue weighted by molar-refractivity contribution is 5.95. The second kappa shape index (κ2) is 5.38. The van der Waals surface area contributed by atoms with Crippen molar-refractivity contribution < 1.29 is 19.1 Å². The van der Waals surface area contributed by atoms with E-state index < -0.39 is 24.4 Å². The van der Waals surface area contributed by atoms with Crippen LogP contribution in [0, 0.1) is 5.95 Å². The van der Waals surface area contributed by atoms with Crippen LogP contribution in [0.3, 0.4) is 0 Å². The van der Waals surface area contributed by atoms with Crippen LogP contribution >= 0.6 is 0 Å². The summed E-state index contributed by atoms with van der Waals surface area (Å²) in [6.45, 7) is 2.97. The molecule has 0 aromatic carbocycles. The molecule has 1 aromatic heterocycles.